The minimum absolute atomic E-state index is 0.195. The molecule has 1 fully saturated rings. The number of hydrogen-bond acceptors (Lipinski definition) is 6. The maximum Gasteiger partial charge on any atom is 0.433 e. The van der Waals surface area contributed by atoms with E-state index in [4.69, 9.17) is 4.74 Å². The van der Waals surface area contributed by atoms with E-state index < -0.39 is 11.9 Å². The number of piperidine rings is 1. The third-order valence-corrected chi connectivity index (χ3v) is 5.57. The molecule has 142 valence electrons. The van der Waals surface area contributed by atoms with Gasteiger partial charge < -0.3 is 9.64 Å². The lowest BCUT2D eigenvalue weighted by molar-refractivity contribution is -0.141. The Kier molecular flexibility index (Phi) is 4.86. The first-order valence-corrected chi connectivity index (χ1v) is 9.42. The van der Waals surface area contributed by atoms with Gasteiger partial charge in [0.1, 0.15) is 17.0 Å². The zero-order valence-corrected chi connectivity index (χ0v) is 15.1. The molecule has 27 heavy (non-hydrogen) atoms. The van der Waals surface area contributed by atoms with Crippen LogP contribution in [0.1, 0.15) is 18.5 Å². The summed E-state index contributed by atoms with van der Waals surface area (Å²) in [5.41, 5.74) is -0.0549. The summed E-state index contributed by atoms with van der Waals surface area (Å²) in [6.45, 7) is 2.05. The Hall–Kier alpha value is -2.42. The predicted octanol–water partition coefficient (Wildman–Crippen LogP) is 4.40. The van der Waals surface area contributed by atoms with Gasteiger partial charge in [-0.1, -0.05) is 11.3 Å². The molecule has 1 unspecified atom stereocenters. The Bertz CT molecular complexity index is 897. The SMILES string of the molecule is FC(F)(F)c1cc(OCC2CCCN(c3nc4cnccc4s3)C2)ccn1. The Labute approximate surface area is 157 Å². The number of alkyl halides is 3. The van der Waals surface area contributed by atoms with Crippen molar-refractivity contribution < 1.29 is 17.9 Å². The Morgan fingerprint density at radius 2 is 2.15 bits per heavy atom. The molecule has 3 aromatic rings. The van der Waals surface area contributed by atoms with Gasteiger partial charge in [-0.2, -0.15) is 13.2 Å². The first-order chi connectivity index (χ1) is 13.0. The van der Waals surface area contributed by atoms with Crippen LogP contribution >= 0.6 is 11.3 Å². The molecule has 0 saturated carbocycles. The first kappa shape index (κ1) is 18.0. The summed E-state index contributed by atoms with van der Waals surface area (Å²) < 4.78 is 45.0. The number of hydrogen-bond donors (Lipinski definition) is 0. The van der Waals surface area contributed by atoms with Crippen LogP contribution in [0.5, 0.6) is 5.75 Å². The molecule has 1 aliphatic rings. The second kappa shape index (κ2) is 7.30. The lowest BCUT2D eigenvalue weighted by Crippen LogP contribution is -2.37. The van der Waals surface area contributed by atoms with Gasteiger partial charge in [0, 0.05) is 37.5 Å². The van der Waals surface area contributed by atoms with E-state index in [0.717, 1.165) is 53.5 Å². The van der Waals surface area contributed by atoms with E-state index in [0.29, 0.717) is 6.61 Å². The summed E-state index contributed by atoms with van der Waals surface area (Å²) >= 11 is 1.63. The maximum absolute atomic E-state index is 12.8. The highest BCUT2D eigenvalue weighted by molar-refractivity contribution is 7.22. The van der Waals surface area contributed by atoms with Gasteiger partial charge >= 0.3 is 6.18 Å². The molecular weight excluding hydrogens is 377 g/mol. The van der Waals surface area contributed by atoms with Crippen molar-refractivity contribution in [3.05, 3.63) is 42.5 Å². The Morgan fingerprint density at radius 1 is 1.26 bits per heavy atom. The van der Waals surface area contributed by atoms with Gasteiger partial charge in [0.25, 0.3) is 0 Å². The summed E-state index contributed by atoms with van der Waals surface area (Å²) in [6.07, 6.45) is 2.12. The van der Waals surface area contributed by atoms with Crippen molar-refractivity contribution in [3.63, 3.8) is 0 Å². The topological polar surface area (TPSA) is 51.1 Å². The molecule has 1 atom stereocenters. The van der Waals surface area contributed by atoms with Gasteiger partial charge in [0.15, 0.2) is 5.13 Å². The molecule has 0 bridgehead atoms. The highest BCUT2D eigenvalue weighted by Gasteiger charge is 2.32. The average molecular weight is 394 g/mol. The molecule has 1 aliphatic heterocycles. The molecule has 4 heterocycles. The molecule has 3 aromatic heterocycles. The van der Waals surface area contributed by atoms with Gasteiger partial charge in [0.2, 0.25) is 0 Å². The second-order valence-corrected chi connectivity index (χ2v) is 7.49. The number of nitrogens with zero attached hydrogens (tertiary/aromatic N) is 4. The Balaban J connectivity index is 1.40. The fourth-order valence-electron chi connectivity index (χ4n) is 3.15. The number of fused-ring (bicyclic) bond motifs is 1. The number of aromatic nitrogens is 3. The van der Waals surface area contributed by atoms with Crippen LogP contribution in [0, 0.1) is 5.92 Å². The lowest BCUT2D eigenvalue weighted by atomic mass is 9.99. The van der Waals surface area contributed by atoms with Crippen LogP contribution in [0.3, 0.4) is 0 Å². The zero-order chi connectivity index (χ0) is 18.9. The smallest absolute Gasteiger partial charge is 0.433 e. The van der Waals surface area contributed by atoms with E-state index in [1.165, 1.54) is 6.07 Å². The van der Waals surface area contributed by atoms with Crippen LogP contribution in [-0.2, 0) is 6.18 Å². The first-order valence-electron chi connectivity index (χ1n) is 8.60. The highest BCUT2D eigenvalue weighted by Crippen LogP contribution is 2.32. The highest BCUT2D eigenvalue weighted by atomic mass is 32.1. The minimum atomic E-state index is -4.47. The normalized spacial score (nSPS) is 18.0. The number of ether oxygens (including phenoxy) is 1. The molecule has 1 saturated heterocycles. The van der Waals surface area contributed by atoms with Gasteiger partial charge in [-0.15, -0.1) is 0 Å². The van der Waals surface area contributed by atoms with Crippen LogP contribution in [0.4, 0.5) is 18.3 Å². The van der Waals surface area contributed by atoms with E-state index in [9.17, 15) is 13.2 Å². The zero-order valence-electron chi connectivity index (χ0n) is 14.3. The van der Waals surface area contributed by atoms with Crippen LogP contribution in [0.15, 0.2) is 36.8 Å². The fourth-order valence-corrected chi connectivity index (χ4v) is 4.12. The summed E-state index contributed by atoms with van der Waals surface area (Å²) in [7, 11) is 0. The third kappa shape index (κ3) is 4.13. The molecule has 0 aliphatic carbocycles. The van der Waals surface area contributed by atoms with E-state index in [1.807, 2.05) is 6.07 Å². The largest absolute Gasteiger partial charge is 0.493 e. The maximum atomic E-state index is 12.8. The predicted molar refractivity (Wildman–Crippen MR) is 97.1 cm³/mol. The molecule has 5 nitrogen and oxygen atoms in total. The van der Waals surface area contributed by atoms with Gasteiger partial charge in [-0.25, -0.2) is 4.98 Å². The summed E-state index contributed by atoms with van der Waals surface area (Å²) in [6, 6.07) is 4.35. The quantitative estimate of drug-likeness (QED) is 0.657. The van der Waals surface area contributed by atoms with Gasteiger partial charge in [0.05, 0.1) is 17.5 Å². The molecule has 0 spiro atoms. The van der Waals surface area contributed by atoms with E-state index in [2.05, 4.69) is 19.9 Å². The standard InChI is InChI=1S/C18H17F3N4OS/c19-18(20,21)16-8-13(3-6-23-16)26-11-12-2-1-7-25(10-12)17-24-14-9-22-5-4-15(14)27-17/h3-6,8-9,12H,1-2,7,10-11H2. The van der Waals surface area contributed by atoms with Crippen molar-refractivity contribution in [2.45, 2.75) is 19.0 Å². The van der Waals surface area contributed by atoms with Crippen molar-refractivity contribution in [2.75, 3.05) is 24.6 Å². The lowest BCUT2D eigenvalue weighted by Gasteiger charge is -2.32. The monoisotopic (exact) mass is 394 g/mol. The van der Waals surface area contributed by atoms with Gasteiger partial charge in [-0.05, 0) is 25.0 Å². The van der Waals surface area contributed by atoms with Crippen molar-refractivity contribution >= 4 is 26.7 Å². The number of rotatable bonds is 4. The van der Waals surface area contributed by atoms with Crippen LogP contribution in [0.25, 0.3) is 10.2 Å². The average Bonchev–Trinajstić information content (AvgIpc) is 3.10. The molecule has 0 aromatic carbocycles. The van der Waals surface area contributed by atoms with Crippen LogP contribution in [-0.4, -0.2) is 34.6 Å². The third-order valence-electron chi connectivity index (χ3n) is 4.48. The molecule has 0 amide bonds. The minimum Gasteiger partial charge on any atom is -0.493 e. The van der Waals surface area contributed by atoms with Crippen molar-refractivity contribution in [3.8, 4) is 5.75 Å². The van der Waals surface area contributed by atoms with Crippen molar-refractivity contribution in [1.29, 1.82) is 0 Å². The summed E-state index contributed by atoms with van der Waals surface area (Å²) in [5.74, 6) is 0.423. The summed E-state index contributed by atoms with van der Waals surface area (Å²) in [4.78, 5) is 14.3. The van der Waals surface area contributed by atoms with Crippen LogP contribution in [0.2, 0.25) is 0 Å². The molecule has 0 radical (unpaired) electrons. The molecule has 0 N–H and O–H groups in total. The van der Waals surface area contributed by atoms with Crippen molar-refractivity contribution in [2.24, 2.45) is 5.92 Å². The number of pyridine rings is 2. The van der Waals surface area contributed by atoms with E-state index in [1.54, 1.807) is 23.7 Å². The number of halogens is 3. The van der Waals surface area contributed by atoms with E-state index >= 15 is 0 Å². The van der Waals surface area contributed by atoms with E-state index in [-0.39, 0.29) is 11.7 Å². The number of thiazole rings is 1. The number of anilines is 1. The van der Waals surface area contributed by atoms with Crippen molar-refractivity contribution in [1.82, 2.24) is 15.0 Å². The summed E-state index contributed by atoms with van der Waals surface area (Å²) in [5, 5.41) is 0.950. The van der Waals surface area contributed by atoms with Gasteiger partial charge in [-0.3, -0.25) is 9.97 Å². The molecular formula is C18H17F3N4OS. The fraction of sp³-hybridized carbons (Fsp3) is 0.389. The molecule has 4 rings (SSSR count). The Morgan fingerprint density at radius 3 is 2.96 bits per heavy atom. The second-order valence-electron chi connectivity index (χ2n) is 6.48. The molecule has 9 heteroatoms. The van der Waals surface area contributed by atoms with Crippen LogP contribution < -0.4 is 9.64 Å².